The molecule has 3 aromatic rings. The molecule has 3 nitrogen and oxygen atoms in total. The number of carboxylic acid groups (broad SMARTS) is 1. The molecule has 0 aliphatic rings. The Kier molecular flexibility index (Phi) is 4.22. The Balaban J connectivity index is 2.44. The van der Waals surface area contributed by atoms with Crippen LogP contribution in [0, 0.1) is 23.3 Å². The van der Waals surface area contributed by atoms with Gasteiger partial charge in [0.2, 0.25) is 0 Å². The number of thiophene rings is 1. The maximum absolute atomic E-state index is 14.6. The van der Waals surface area contributed by atoms with E-state index in [0.29, 0.717) is 29.2 Å². The summed E-state index contributed by atoms with van der Waals surface area (Å²) in [6.07, 6.45) is 2.21. The molecule has 3 rings (SSSR count). The van der Waals surface area contributed by atoms with Gasteiger partial charge in [-0.2, -0.15) is 0 Å². The summed E-state index contributed by atoms with van der Waals surface area (Å²) in [6, 6.07) is 1.64. The highest BCUT2D eigenvalue weighted by molar-refractivity contribution is 7.98. The molecule has 0 atom stereocenters. The van der Waals surface area contributed by atoms with Crippen LogP contribution in [0.1, 0.15) is 9.67 Å². The van der Waals surface area contributed by atoms with Crippen molar-refractivity contribution in [2.45, 2.75) is 4.90 Å². The van der Waals surface area contributed by atoms with Crippen LogP contribution >= 0.6 is 23.1 Å². The highest BCUT2D eigenvalue weighted by Crippen LogP contribution is 2.41. The van der Waals surface area contributed by atoms with Gasteiger partial charge in [-0.15, -0.1) is 23.1 Å². The number of aromatic nitrogens is 1. The van der Waals surface area contributed by atoms with Gasteiger partial charge in [0.05, 0.1) is 21.3 Å². The van der Waals surface area contributed by atoms with Crippen molar-refractivity contribution in [2.75, 3.05) is 6.26 Å². The van der Waals surface area contributed by atoms with Crippen molar-refractivity contribution in [3.8, 4) is 11.1 Å². The van der Waals surface area contributed by atoms with Gasteiger partial charge < -0.3 is 5.11 Å². The van der Waals surface area contributed by atoms with Crippen molar-refractivity contribution in [3.63, 3.8) is 0 Å². The molecule has 0 saturated carbocycles. The summed E-state index contributed by atoms with van der Waals surface area (Å²) >= 11 is 1.34. The maximum Gasteiger partial charge on any atom is 0.346 e. The van der Waals surface area contributed by atoms with Crippen LogP contribution in [0.25, 0.3) is 21.3 Å². The van der Waals surface area contributed by atoms with Gasteiger partial charge in [-0.1, -0.05) is 0 Å². The van der Waals surface area contributed by atoms with E-state index < -0.39 is 39.7 Å². The van der Waals surface area contributed by atoms with Crippen LogP contribution in [0.15, 0.2) is 23.2 Å². The average molecular weight is 373 g/mol. The summed E-state index contributed by atoms with van der Waals surface area (Å²) < 4.78 is 55.6. The minimum Gasteiger partial charge on any atom is -0.477 e. The van der Waals surface area contributed by atoms with Crippen LogP contribution in [-0.2, 0) is 0 Å². The van der Waals surface area contributed by atoms with Gasteiger partial charge in [0.1, 0.15) is 16.5 Å². The van der Waals surface area contributed by atoms with E-state index in [1.165, 1.54) is 6.26 Å². The number of hydrogen-bond donors (Lipinski definition) is 1. The van der Waals surface area contributed by atoms with Gasteiger partial charge in [-0.25, -0.2) is 22.4 Å². The van der Waals surface area contributed by atoms with E-state index in [1.54, 1.807) is 0 Å². The molecule has 0 radical (unpaired) electrons. The topological polar surface area (TPSA) is 50.2 Å². The number of carbonyl (C=O) groups is 1. The number of aromatic carboxylic acids is 1. The van der Waals surface area contributed by atoms with Crippen LogP contribution in [-0.4, -0.2) is 22.3 Å². The summed E-state index contributed by atoms with van der Waals surface area (Å²) in [5.74, 6) is -5.84. The van der Waals surface area contributed by atoms with E-state index in [4.69, 9.17) is 0 Å². The van der Waals surface area contributed by atoms with Crippen molar-refractivity contribution in [2.24, 2.45) is 0 Å². The van der Waals surface area contributed by atoms with Gasteiger partial charge >= 0.3 is 5.97 Å². The lowest BCUT2D eigenvalue weighted by atomic mass is 10.0. The molecule has 0 aliphatic heterocycles. The van der Waals surface area contributed by atoms with E-state index >= 15 is 0 Å². The van der Waals surface area contributed by atoms with Crippen molar-refractivity contribution < 1.29 is 27.5 Å². The number of halogens is 4. The highest BCUT2D eigenvalue weighted by atomic mass is 32.2. The van der Waals surface area contributed by atoms with Crippen molar-refractivity contribution >= 4 is 39.3 Å². The summed E-state index contributed by atoms with van der Waals surface area (Å²) in [4.78, 5) is 14.4. The monoisotopic (exact) mass is 373 g/mol. The van der Waals surface area contributed by atoms with E-state index in [2.05, 4.69) is 4.98 Å². The normalized spacial score (nSPS) is 11.2. The minimum atomic E-state index is -1.40. The molecule has 1 N–H and O–H groups in total. The van der Waals surface area contributed by atoms with E-state index in [9.17, 15) is 27.5 Å². The summed E-state index contributed by atoms with van der Waals surface area (Å²) in [7, 11) is 0. The third kappa shape index (κ3) is 2.53. The molecule has 1 aromatic carbocycles. The van der Waals surface area contributed by atoms with Gasteiger partial charge in [0.15, 0.2) is 11.6 Å². The van der Waals surface area contributed by atoms with E-state index in [0.717, 1.165) is 12.3 Å². The number of thioether (sulfide) groups is 1. The molecule has 24 heavy (non-hydrogen) atoms. The largest absolute Gasteiger partial charge is 0.477 e. The second kappa shape index (κ2) is 6.06. The van der Waals surface area contributed by atoms with Crippen LogP contribution in [0.3, 0.4) is 0 Å². The standard InChI is InChI=1S/C15H7F4NO2S2/c1-23-14-10(18)6(3-7(17)11(14)19)9-12-8(2-5(16)4-20-12)24-13(9)15(21)22/h2-4H,1H3,(H,21,22). The van der Waals surface area contributed by atoms with Crippen LogP contribution in [0.2, 0.25) is 0 Å². The first-order valence-corrected chi connectivity index (χ1v) is 8.42. The molecule has 124 valence electrons. The molecule has 0 spiro atoms. The fraction of sp³-hybridized carbons (Fsp3) is 0.0667. The summed E-state index contributed by atoms with van der Waals surface area (Å²) in [6.45, 7) is 0. The average Bonchev–Trinajstić information content (AvgIpc) is 2.90. The molecule has 2 aromatic heterocycles. The van der Waals surface area contributed by atoms with Gasteiger partial charge in [-0.05, 0) is 18.4 Å². The Morgan fingerprint density at radius 1 is 1.21 bits per heavy atom. The molecule has 0 saturated heterocycles. The Hall–Kier alpha value is -2.13. The zero-order valence-electron chi connectivity index (χ0n) is 11.9. The second-order valence-corrected chi connectivity index (χ2v) is 6.55. The zero-order valence-corrected chi connectivity index (χ0v) is 13.5. The lowest BCUT2D eigenvalue weighted by molar-refractivity contribution is 0.0703. The Bertz CT molecular complexity index is 987. The summed E-state index contributed by atoms with van der Waals surface area (Å²) in [5.41, 5.74) is -0.619. The number of nitrogens with zero attached hydrogens (tertiary/aromatic N) is 1. The smallest absolute Gasteiger partial charge is 0.346 e. The van der Waals surface area contributed by atoms with E-state index in [-0.39, 0.29) is 20.7 Å². The third-order valence-electron chi connectivity index (χ3n) is 3.28. The predicted molar refractivity (Wildman–Crippen MR) is 83.6 cm³/mol. The number of carboxylic acids is 1. The maximum atomic E-state index is 14.6. The molecule has 2 heterocycles. The van der Waals surface area contributed by atoms with Crippen molar-refractivity contribution in [1.82, 2.24) is 4.98 Å². The fourth-order valence-corrected chi connectivity index (χ4v) is 3.90. The first-order chi connectivity index (χ1) is 11.3. The SMILES string of the molecule is CSc1c(F)c(F)cc(-c2c(C(=O)O)sc3cc(F)cnc23)c1F. The quantitative estimate of drug-likeness (QED) is 0.401. The number of rotatable bonds is 3. The van der Waals surface area contributed by atoms with E-state index in [1.807, 2.05) is 0 Å². The lowest BCUT2D eigenvalue weighted by Crippen LogP contribution is -2.00. The highest BCUT2D eigenvalue weighted by Gasteiger charge is 2.27. The van der Waals surface area contributed by atoms with Gasteiger partial charge in [-0.3, -0.25) is 4.98 Å². The number of pyridine rings is 1. The first-order valence-electron chi connectivity index (χ1n) is 6.38. The molecule has 0 aliphatic carbocycles. The minimum absolute atomic E-state index is 0.00996. The molecule has 0 unspecified atom stereocenters. The van der Waals surface area contributed by atoms with Crippen LogP contribution < -0.4 is 0 Å². The zero-order chi connectivity index (χ0) is 17.6. The third-order valence-corrected chi connectivity index (χ3v) is 5.16. The Labute approximate surface area is 141 Å². The fourth-order valence-electron chi connectivity index (χ4n) is 2.30. The van der Waals surface area contributed by atoms with Crippen LogP contribution in [0.4, 0.5) is 17.6 Å². The molecule has 9 heteroatoms. The Morgan fingerprint density at radius 3 is 2.54 bits per heavy atom. The number of fused-ring (bicyclic) bond motifs is 1. The van der Waals surface area contributed by atoms with Gasteiger partial charge in [0.25, 0.3) is 0 Å². The Morgan fingerprint density at radius 2 is 1.92 bits per heavy atom. The van der Waals surface area contributed by atoms with Crippen molar-refractivity contribution in [3.05, 3.63) is 46.5 Å². The summed E-state index contributed by atoms with van der Waals surface area (Å²) in [5, 5.41) is 9.33. The van der Waals surface area contributed by atoms with Crippen molar-refractivity contribution in [1.29, 1.82) is 0 Å². The van der Waals surface area contributed by atoms with Gasteiger partial charge in [0, 0.05) is 11.1 Å². The molecule has 0 bridgehead atoms. The first kappa shape index (κ1) is 16.7. The predicted octanol–water partition coefficient (Wildman–Crippen LogP) is 4.94. The molecule has 0 amide bonds. The lowest BCUT2D eigenvalue weighted by Gasteiger charge is -2.09. The number of benzene rings is 1. The molecule has 0 fully saturated rings. The van der Waals surface area contributed by atoms with Crippen LogP contribution in [0.5, 0.6) is 0 Å². The second-order valence-electron chi connectivity index (χ2n) is 4.68. The molecular weight excluding hydrogens is 366 g/mol. The number of hydrogen-bond acceptors (Lipinski definition) is 4. The molecular formula is C15H7F4NO2S2.